The van der Waals surface area contributed by atoms with Gasteiger partial charge in [0.2, 0.25) is 0 Å². The summed E-state index contributed by atoms with van der Waals surface area (Å²) in [5.74, 6) is -0.352. The van der Waals surface area contributed by atoms with Gasteiger partial charge in [-0.2, -0.15) is 0 Å². The topological polar surface area (TPSA) is 97.2 Å². The Bertz CT molecular complexity index is 686. The maximum absolute atomic E-state index is 12.6. The lowest BCUT2D eigenvalue weighted by Gasteiger charge is -2.27. The van der Waals surface area contributed by atoms with Crippen LogP contribution in [0.25, 0.3) is 0 Å². The van der Waals surface area contributed by atoms with Gasteiger partial charge in [-0.05, 0) is 18.4 Å². The number of hydrogen-bond donors (Lipinski definition) is 2. The minimum atomic E-state index is -0.918. The predicted molar refractivity (Wildman–Crippen MR) is 77.1 cm³/mol. The molecule has 0 spiro atoms. The van der Waals surface area contributed by atoms with Gasteiger partial charge in [0.05, 0.1) is 0 Å². The van der Waals surface area contributed by atoms with E-state index in [4.69, 9.17) is 4.74 Å². The molecule has 2 aromatic rings. The number of carbonyl (C=O) groups is 1. The smallest absolute Gasteiger partial charge is 0.360 e. The summed E-state index contributed by atoms with van der Waals surface area (Å²) in [5.41, 5.74) is -0.0572. The molecule has 1 aliphatic heterocycles. The molecular weight excluding hydrogens is 286 g/mol. The first-order valence-corrected chi connectivity index (χ1v) is 7.23. The minimum Gasteiger partial charge on any atom is -0.360 e. The maximum atomic E-state index is 12.6. The highest BCUT2D eigenvalue weighted by molar-refractivity contribution is 5.86. The fourth-order valence-corrected chi connectivity index (χ4v) is 2.69. The molecule has 0 aliphatic carbocycles. The second-order valence-corrected chi connectivity index (χ2v) is 5.19. The molecule has 1 aliphatic rings. The highest BCUT2D eigenvalue weighted by Crippen LogP contribution is 2.36. The second kappa shape index (κ2) is 6.15. The van der Waals surface area contributed by atoms with Gasteiger partial charge in [0.25, 0.3) is 5.91 Å². The van der Waals surface area contributed by atoms with Crippen LogP contribution in [0.4, 0.5) is 0 Å². The zero-order valence-corrected chi connectivity index (χ0v) is 12.0. The van der Waals surface area contributed by atoms with Crippen LogP contribution in [0.5, 0.6) is 0 Å². The van der Waals surface area contributed by atoms with E-state index in [-0.39, 0.29) is 5.91 Å². The van der Waals surface area contributed by atoms with Gasteiger partial charge in [-0.25, -0.2) is 4.79 Å². The molecule has 1 fully saturated rings. The largest absolute Gasteiger partial charge is 0.438 e. The third-order valence-electron chi connectivity index (χ3n) is 3.76. The van der Waals surface area contributed by atoms with Gasteiger partial charge in [0.1, 0.15) is 0 Å². The van der Waals surface area contributed by atoms with Gasteiger partial charge < -0.3 is 10.1 Å². The molecule has 1 atom stereocenters. The molecule has 3 rings (SSSR count). The van der Waals surface area contributed by atoms with Gasteiger partial charge in [0, 0.05) is 19.6 Å². The number of benzene rings is 1. The van der Waals surface area contributed by atoms with E-state index < -0.39 is 11.4 Å². The Kier molecular flexibility index (Phi) is 4.06. The Hall–Kier alpha value is -2.41. The Labute approximate surface area is 126 Å². The molecular formula is C15H17N3O4. The van der Waals surface area contributed by atoms with Crippen molar-refractivity contribution in [2.45, 2.75) is 24.9 Å². The molecule has 1 saturated heterocycles. The molecule has 2 heterocycles. The van der Waals surface area contributed by atoms with E-state index in [1.807, 2.05) is 30.3 Å². The fourth-order valence-electron chi connectivity index (χ4n) is 2.69. The average molecular weight is 303 g/mol. The van der Waals surface area contributed by atoms with E-state index in [0.717, 1.165) is 12.0 Å². The van der Waals surface area contributed by atoms with Crippen molar-refractivity contribution in [1.29, 1.82) is 0 Å². The van der Waals surface area contributed by atoms with Crippen molar-refractivity contribution in [2.75, 3.05) is 13.2 Å². The first-order chi connectivity index (χ1) is 10.7. The van der Waals surface area contributed by atoms with Gasteiger partial charge in [-0.1, -0.05) is 35.5 Å². The summed E-state index contributed by atoms with van der Waals surface area (Å²) in [7, 11) is 0. The van der Waals surface area contributed by atoms with Crippen molar-refractivity contribution in [3.05, 3.63) is 52.3 Å². The van der Waals surface area contributed by atoms with E-state index >= 15 is 0 Å². The zero-order valence-electron chi connectivity index (χ0n) is 12.0. The average Bonchev–Trinajstić information content (AvgIpc) is 3.18. The van der Waals surface area contributed by atoms with Gasteiger partial charge in [-0.3, -0.25) is 14.3 Å². The summed E-state index contributed by atoms with van der Waals surface area (Å²) >= 11 is 0. The van der Waals surface area contributed by atoms with Crippen LogP contribution in [-0.2, 0) is 21.6 Å². The number of aromatic amines is 1. The maximum Gasteiger partial charge on any atom is 0.438 e. The van der Waals surface area contributed by atoms with Crippen molar-refractivity contribution in [2.24, 2.45) is 0 Å². The first-order valence-electron chi connectivity index (χ1n) is 7.23. The molecule has 0 saturated carbocycles. The summed E-state index contributed by atoms with van der Waals surface area (Å²) in [6, 6.07) is 9.50. The zero-order chi connectivity index (χ0) is 15.4. The van der Waals surface area contributed by atoms with Crippen LogP contribution < -0.4 is 11.1 Å². The fraction of sp³-hybridized carbons (Fsp3) is 0.400. The SMILES string of the molecule is O=C(NCCc1noc(=O)[nH]1)C1(c2ccccc2)CCCO1. The quantitative estimate of drug-likeness (QED) is 0.848. The van der Waals surface area contributed by atoms with Gasteiger partial charge in [-0.15, -0.1) is 0 Å². The van der Waals surface area contributed by atoms with Crippen molar-refractivity contribution in [1.82, 2.24) is 15.5 Å². The van der Waals surface area contributed by atoms with Gasteiger partial charge >= 0.3 is 5.76 Å². The third kappa shape index (κ3) is 2.80. The van der Waals surface area contributed by atoms with E-state index in [9.17, 15) is 9.59 Å². The van der Waals surface area contributed by atoms with Crippen molar-refractivity contribution < 1.29 is 14.1 Å². The van der Waals surface area contributed by atoms with Crippen molar-refractivity contribution in [3.8, 4) is 0 Å². The molecule has 1 aromatic carbocycles. The van der Waals surface area contributed by atoms with E-state index in [1.54, 1.807) is 0 Å². The molecule has 0 radical (unpaired) electrons. The molecule has 116 valence electrons. The van der Waals surface area contributed by atoms with Crippen LogP contribution >= 0.6 is 0 Å². The van der Waals surface area contributed by atoms with E-state index in [1.165, 1.54) is 0 Å². The van der Waals surface area contributed by atoms with Crippen LogP contribution in [-0.4, -0.2) is 29.2 Å². The number of hydrogen-bond acceptors (Lipinski definition) is 5. The van der Waals surface area contributed by atoms with Crippen LogP contribution in [0, 0.1) is 0 Å². The van der Waals surface area contributed by atoms with Gasteiger partial charge in [0.15, 0.2) is 11.4 Å². The van der Waals surface area contributed by atoms with Crippen LogP contribution in [0.15, 0.2) is 39.6 Å². The molecule has 2 N–H and O–H groups in total. The third-order valence-corrected chi connectivity index (χ3v) is 3.76. The Balaban J connectivity index is 1.67. The van der Waals surface area contributed by atoms with Crippen molar-refractivity contribution in [3.63, 3.8) is 0 Å². The molecule has 0 bridgehead atoms. The summed E-state index contributed by atoms with van der Waals surface area (Å²) in [4.78, 5) is 25.9. The molecule has 7 heteroatoms. The Morgan fingerprint density at radius 3 is 2.82 bits per heavy atom. The standard InChI is InChI=1S/C15H17N3O4/c19-13(16-9-7-12-17-14(20)22-18-12)15(8-4-10-21-15)11-5-2-1-3-6-11/h1-3,5-6H,4,7-10H2,(H,16,19)(H,17,18,20). The normalized spacial score (nSPS) is 20.9. The number of nitrogens with zero attached hydrogens (tertiary/aromatic N) is 1. The minimum absolute atomic E-state index is 0.165. The predicted octanol–water partition coefficient (Wildman–Crippen LogP) is 0.727. The first kappa shape index (κ1) is 14.5. The lowest BCUT2D eigenvalue weighted by Crippen LogP contribution is -2.44. The second-order valence-electron chi connectivity index (χ2n) is 5.19. The number of carbonyl (C=O) groups excluding carboxylic acids is 1. The summed E-state index contributed by atoms with van der Waals surface area (Å²) < 4.78 is 10.2. The highest BCUT2D eigenvalue weighted by atomic mass is 16.5. The highest BCUT2D eigenvalue weighted by Gasteiger charge is 2.44. The Morgan fingerprint density at radius 2 is 2.18 bits per heavy atom. The number of ether oxygens (including phenoxy) is 1. The lowest BCUT2D eigenvalue weighted by atomic mass is 9.90. The van der Waals surface area contributed by atoms with Crippen LogP contribution in [0.2, 0.25) is 0 Å². The van der Waals surface area contributed by atoms with E-state index in [0.29, 0.717) is 31.8 Å². The van der Waals surface area contributed by atoms with Crippen LogP contribution in [0.1, 0.15) is 24.2 Å². The number of H-pyrrole nitrogens is 1. The lowest BCUT2D eigenvalue weighted by molar-refractivity contribution is -0.142. The number of rotatable bonds is 5. The summed E-state index contributed by atoms with van der Waals surface area (Å²) in [6.45, 7) is 0.915. The molecule has 7 nitrogen and oxygen atoms in total. The molecule has 1 aromatic heterocycles. The summed E-state index contributed by atoms with van der Waals surface area (Å²) in [6.07, 6.45) is 1.89. The number of nitrogens with one attached hydrogen (secondary N) is 2. The molecule has 1 unspecified atom stereocenters. The molecule has 1 amide bonds. The molecule has 22 heavy (non-hydrogen) atoms. The monoisotopic (exact) mass is 303 g/mol. The number of aromatic nitrogens is 2. The number of amides is 1. The van der Waals surface area contributed by atoms with Crippen LogP contribution in [0.3, 0.4) is 0 Å². The van der Waals surface area contributed by atoms with Crippen molar-refractivity contribution >= 4 is 5.91 Å². The Morgan fingerprint density at radius 1 is 1.36 bits per heavy atom. The summed E-state index contributed by atoms with van der Waals surface area (Å²) in [5, 5.41) is 6.41. The van der Waals surface area contributed by atoms with E-state index in [2.05, 4.69) is 20.0 Å².